The number of carbonyl (C=O) groups excluding carboxylic acids is 1. The quantitative estimate of drug-likeness (QED) is 0.782. The first-order valence-electron chi connectivity index (χ1n) is 7.82. The van der Waals surface area contributed by atoms with Crippen LogP contribution in [0.5, 0.6) is 0 Å². The number of carbonyl (C=O) groups is 1. The molecular weight excluding hydrogens is 306 g/mol. The summed E-state index contributed by atoms with van der Waals surface area (Å²) < 4.78 is 4.75. The number of fused-ring (bicyclic) bond motifs is 1. The zero-order valence-corrected chi connectivity index (χ0v) is 14.6. The molecule has 2 aromatic rings. The van der Waals surface area contributed by atoms with Crippen molar-refractivity contribution in [3.8, 4) is 0 Å². The van der Waals surface area contributed by atoms with E-state index in [1.54, 1.807) is 6.07 Å². The van der Waals surface area contributed by atoms with Crippen molar-refractivity contribution < 1.29 is 9.53 Å². The number of methoxy groups -OCH3 is 1. The van der Waals surface area contributed by atoms with Gasteiger partial charge in [0, 0.05) is 29.4 Å². The number of anilines is 1. The zero-order chi connectivity index (χ0) is 17.5. The van der Waals surface area contributed by atoms with E-state index in [-0.39, 0.29) is 11.1 Å². The Bertz CT molecular complexity index is 798. The van der Waals surface area contributed by atoms with Crippen LogP contribution in [0.3, 0.4) is 0 Å². The summed E-state index contributed by atoms with van der Waals surface area (Å²) in [5, 5.41) is 0. The normalized spacial score (nSPS) is 13.8. The van der Waals surface area contributed by atoms with E-state index in [1.807, 2.05) is 18.0 Å². The highest BCUT2D eigenvalue weighted by Crippen LogP contribution is 2.27. The second kappa shape index (κ2) is 5.81. The lowest BCUT2D eigenvalue weighted by atomic mass is 9.95. The van der Waals surface area contributed by atoms with Gasteiger partial charge in [0.25, 0.3) is 0 Å². The van der Waals surface area contributed by atoms with Crippen LogP contribution >= 0.6 is 0 Å². The molecule has 0 spiro atoms. The third-order valence-corrected chi connectivity index (χ3v) is 3.85. The van der Waals surface area contributed by atoms with Crippen LogP contribution < -0.4 is 4.90 Å². The minimum absolute atomic E-state index is 0.0969. The van der Waals surface area contributed by atoms with Crippen LogP contribution in [-0.4, -0.2) is 33.0 Å². The van der Waals surface area contributed by atoms with E-state index in [1.165, 1.54) is 7.11 Å². The number of aromatic nitrogens is 4. The van der Waals surface area contributed by atoms with E-state index in [0.29, 0.717) is 19.0 Å². The van der Waals surface area contributed by atoms with Gasteiger partial charge in [-0.2, -0.15) is 0 Å². The number of esters is 1. The molecule has 1 aliphatic rings. The van der Waals surface area contributed by atoms with Crippen LogP contribution in [0.4, 0.5) is 5.95 Å². The van der Waals surface area contributed by atoms with E-state index in [2.05, 4.69) is 35.7 Å². The number of hydrogen-bond donors (Lipinski definition) is 0. The highest BCUT2D eigenvalue weighted by Gasteiger charge is 2.27. The van der Waals surface area contributed by atoms with Crippen molar-refractivity contribution in [2.75, 3.05) is 12.0 Å². The zero-order valence-electron chi connectivity index (χ0n) is 14.6. The molecule has 0 atom stereocenters. The van der Waals surface area contributed by atoms with Crippen LogP contribution in [0, 0.1) is 6.92 Å². The first-order chi connectivity index (χ1) is 11.3. The van der Waals surface area contributed by atoms with Gasteiger partial charge in [-0.25, -0.2) is 24.7 Å². The van der Waals surface area contributed by atoms with Crippen LogP contribution in [0.15, 0.2) is 12.3 Å². The molecular formula is C17H21N5O2. The Morgan fingerprint density at radius 1 is 1.21 bits per heavy atom. The maximum absolute atomic E-state index is 11.8. The maximum atomic E-state index is 11.8. The van der Waals surface area contributed by atoms with Gasteiger partial charge in [0.15, 0.2) is 5.69 Å². The van der Waals surface area contributed by atoms with Gasteiger partial charge in [-0.05, 0) is 13.0 Å². The van der Waals surface area contributed by atoms with Crippen LogP contribution in [0.1, 0.15) is 54.0 Å². The third-order valence-electron chi connectivity index (χ3n) is 3.85. The maximum Gasteiger partial charge on any atom is 0.356 e. The minimum atomic E-state index is -0.465. The van der Waals surface area contributed by atoms with E-state index >= 15 is 0 Å². The molecule has 0 amide bonds. The number of ether oxygens (including phenoxy) is 1. The molecule has 0 saturated heterocycles. The Morgan fingerprint density at radius 3 is 2.62 bits per heavy atom. The summed E-state index contributed by atoms with van der Waals surface area (Å²) in [5.74, 6) is 0.863. The van der Waals surface area contributed by atoms with Crippen LogP contribution in [0.2, 0.25) is 0 Å². The molecule has 24 heavy (non-hydrogen) atoms. The molecule has 2 aromatic heterocycles. The number of aryl methyl sites for hydroxylation is 1. The van der Waals surface area contributed by atoms with Crippen molar-refractivity contribution in [2.24, 2.45) is 0 Å². The van der Waals surface area contributed by atoms with Gasteiger partial charge in [-0.15, -0.1) is 0 Å². The first-order valence-corrected chi connectivity index (χ1v) is 7.82. The molecule has 0 radical (unpaired) electrons. The standard InChI is InChI=1S/C17H21N5O2/c1-10-6-12(14(23)24-5)21-16(19-10)22-8-11-7-18-15(17(2,3)4)20-13(11)9-22/h6-7H,8-9H2,1-5H3. The van der Waals surface area contributed by atoms with Crippen molar-refractivity contribution in [3.05, 3.63) is 40.7 Å². The first kappa shape index (κ1) is 16.3. The molecule has 0 aliphatic carbocycles. The van der Waals surface area contributed by atoms with Gasteiger partial charge < -0.3 is 9.64 Å². The Balaban J connectivity index is 1.90. The van der Waals surface area contributed by atoms with Crippen LogP contribution in [-0.2, 0) is 23.2 Å². The van der Waals surface area contributed by atoms with Crippen molar-refractivity contribution in [1.82, 2.24) is 19.9 Å². The van der Waals surface area contributed by atoms with Crippen molar-refractivity contribution >= 4 is 11.9 Å². The van der Waals surface area contributed by atoms with Crippen LogP contribution in [0.25, 0.3) is 0 Å². The Kier molecular flexibility index (Phi) is 3.95. The number of rotatable bonds is 2. The highest BCUT2D eigenvalue weighted by molar-refractivity contribution is 5.87. The molecule has 7 nitrogen and oxygen atoms in total. The van der Waals surface area contributed by atoms with Gasteiger partial charge in [0.2, 0.25) is 5.95 Å². The van der Waals surface area contributed by atoms with Gasteiger partial charge in [-0.3, -0.25) is 0 Å². The highest BCUT2D eigenvalue weighted by atomic mass is 16.5. The molecule has 0 bridgehead atoms. The summed E-state index contributed by atoms with van der Waals surface area (Å²) in [6.45, 7) is 9.34. The lowest BCUT2D eigenvalue weighted by Gasteiger charge is -2.17. The van der Waals surface area contributed by atoms with Crippen molar-refractivity contribution in [2.45, 2.75) is 46.2 Å². The largest absolute Gasteiger partial charge is 0.464 e. The molecule has 126 valence electrons. The number of nitrogens with zero attached hydrogens (tertiary/aromatic N) is 5. The summed E-state index contributed by atoms with van der Waals surface area (Å²) in [6.07, 6.45) is 1.87. The average molecular weight is 327 g/mol. The molecule has 3 heterocycles. The van der Waals surface area contributed by atoms with Gasteiger partial charge in [-0.1, -0.05) is 20.8 Å². The topological polar surface area (TPSA) is 81.1 Å². The molecule has 1 aliphatic heterocycles. The fourth-order valence-electron chi connectivity index (χ4n) is 2.56. The fourth-order valence-corrected chi connectivity index (χ4v) is 2.56. The van der Waals surface area contributed by atoms with E-state index in [0.717, 1.165) is 22.8 Å². The molecule has 7 heteroatoms. The molecule has 0 aromatic carbocycles. The molecule has 0 fully saturated rings. The Morgan fingerprint density at radius 2 is 1.96 bits per heavy atom. The Labute approximate surface area is 141 Å². The smallest absolute Gasteiger partial charge is 0.356 e. The predicted octanol–water partition coefficient (Wildman–Crippen LogP) is 2.18. The average Bonchev–Trinajstić information content (AvgIpc) is 2.95. The number of hydrogen-bond acceptors (Lipinski definition) is 7. The van der Waals surface area contributed by atoms with Crippen molar-refractivity contribution in [1.29, 1.82) is 0 Å². The van der Waals surface area contributed by atoms with Gasteiger partial charge >= 0.3 is 5.97 Å². The van der Waals surface area contributed by atoms with E-state index in [9.17, 15) is 4.79 Å². The fraction of sp³-hybridized carbons (Fsp3) is 0.471. The summed E-state index contributed by atoms with van der Waals surface area (Å²) in [7, 11) is 1.34. The monoisotopic (exact) mass is 327 g/mol. The minimum Gasteiger partial charge on any atom is -0.464 e. The molecule has 3 rings (SSSR count). The van der Waals surface area contributed by atoms with Gasteiger partial charge in [0.1, 0.15) is 5.82 Å². The van der Waals surface area contributed by atoms with E-state index < -0.39 is 5.97 Å². The van der Waals surface area contributed by atoms with E-state index in [4.69, 9.17) is 9.72 Å². The third kappa shape index (κ3) is 3.06. The Hall–Kier alpha value is -2.57. The summed E-state index contributed by atoms with van der Waals surface area (Å²) in [6, 6.07) is 1.62. The lowest BCUT2D eigenvalue weighted by Crippen LogP contribution is -2.20. The summed E-state index contributed by atoms with van der Waals surface area (Å²) in [5.41, 5.74) is 2.93. The van der Waals surface area contributed by atoms with Gasteiger partial charge in [0.05, 0.1) is 19.3 Å². The molecule has 0 saturated carbocycles. The second-order valence-electron chi connectivity index (χ2n) is 6.96. The molecule has 0 N–H and O–H groups in total. The predicted molar refractivity (Wildman–Crippen MR) is 88.7 cm³/mol. The summed E-state index contributed by atoms with van der Waals surface area (Å²) >= 11 is 0. The summed E-state index contributed by atoms with van der Waals surface area (Å²) in [4.78, 5) is 31.7. The second-order valence-corrected chi connectivity index (χ2v) is 6.96. The van der Waals surface area contributed by atoms with Crippen molar-refractivity contribution in [3.63, 3.8) is 0 Å². The lowest BCUT2D eigenvalue weighted by molar-refractivity contribution is 0.0593. The molecule has 0 unspecified atom stereocenters. The SMILES string of the molecule is COC(=O)c1cc(C)nc(N2Cc3cnc(C(C)(C)C)nc3C2)n1.